The maximum atomic E-state index is 13.2. The Labute approximate surface area is 130 Å². The Hall–Kier alpha value is -1.14. The van der Waals surface area contributed by atoms with Gasteiger partial charge in [-0.25, -0.2) is 9.18 Å². The topological polar surface area (TPSA) is 52.6 Å². The maximum absolute atomic E-state index is 13.2. The zero-order valence-corrected chi connectivity index (χ0v) is 13.2. The van der Waals surface area contributed by atoms with Gasteiger partial charge in [0.05, 0.1) is 29.5 Å². The van der Waals surface area contributed by atoms with E-state index in [1.807, 2.05) is 0 Å². The van der Waals surface area contributed by atoms with E-state index in [9.17, 15) is 14.0 Å². The van der Waals surface area contributed by atoms with E-state index in [1.54, 1.807) is 6.92 Å². The molecule has 0 fully saturated rings. The van der Waals surface area contributed by atoms with Crippen LogP contribution in [0.1, 0.15) is 32.0 Å². The predicted molar refractivity (Wildman–Crippen MR) is 75.2 cm³/mol. The molecule has 7 heteroatoms. The van der Waals surface area contributed by atoms with Crippen LogP contribution in [-0.4, -0.2) is 24.6 Å². The fourth-order valence-corrected chi connectivity index (χ4v) is 1.91. The van der Waals surface area contributed by atoms with Gasteiger partial charge in [-0.15, -0.1) is 0 Å². The third-order valence-corrected chi connectivity index (χ3v) is 3.12. The Kier molecular flexibility index (Phi) is 5.79. The normalized spacial score (nSPS) is 14.2. The van der Waals surface area contributed by atoms with Crippen molar-refractivity contribution in [1.82, 2.24) is 0 Å². The van der Waals surface area contributed by atoms with Gasteiger partial charge >= 0.3 is 11.9 Å². The van der Waals surface area contributed by atoms with Crippen LogP contribution in [0.25, 0.3) is 0 Å². The molecule has 0 aromatic heterocycles. The van der Waals surface area contributed by atoms with Crippen LogP contribution in [0.2, 0.25) is 5.02 Å². The zero-order chi connectivity index (χ0) is 16.2. The number of ether oxygens (including phenoxy) is 2. The molecule has 1 aromatic rings. The number of carbonyl (C=O) groups is 2. The van der Waals surface area contributed by atoms with Crippen LogP contribution in [0.3, 0.4) is 0 Å². The van der Waals surface area contributed by atoms with Crippen molar-refractivity contribution in [2.24, 2.45) is 0 Å². The van der Waals surface area contributed by atoms with Crippen molar-refractivity contribution >= 4 is 39.5 Å². The van der Waals surface area contributed by atoms with Crippen molar-refractivity contribution in [2.75, 3.05) is 6.61 Å². The molecule has 0 bridgehead atoms. The first-order valence-corrected chi connectivity index (χ1v) is 6.87. The summed E-state index contributed by atoms with van der Waals surface area (Å²) in [5.74, 6) is -2.21. The van der Waals surface area contributed by atoms with Crippen molar-refractivity contribution in [3.05, 3.63) is 33.0 Å². The molecule has 4 nitrogen and oxygen atoms in total. The van der Waals surface area contributed by atoms with Gasteiger partial charge in [0.25, 0.3) is 0 Å². The summed E-state index contributed by atoms with van der Waals surface area (Å²) in [5.41, 5.74) is -0.104. The summed E-state index contributed by atoms with van der Waals surface area (Å²) in [7, 11) is 0. The molecule has 0 aliphatic carbocycles. The molecule has 0 radical (unpaired) electrons. The fourth-order valence-electron chi connectivity index (χ4n) is 1.34. The highest BCUT2D eigenvalue weighted by Crippen LogP contribution is 2.25. The molecule has 110 valence electrons. The lowest BCUT2D eigenvalue weighted by Crippen LogP contribution is -2.20. The van der Waals surface area contributed by atoms with Gasteiger partial charge in [0, 0.05) is 0 Å². The molecule has 1 rings (SSSR count). The van der Waals surface area contributed by atoms with E-state index in [1.165, 1.54) is 6.92 Å². The Morgan fingerprint density at radius 1 is 1.55 bits per heavy atom. The summed E-state index contributed by atoms with van der Waals surface area (Å²) in [6, 6.07) is 2.11. The smallest absolute Gasteiger partial charge is 0.339 e. The van der Waals surface area contributed by atoms with E-state index in [4.69, 9.17) is 22.4 Å². The molecule has 20 heavy (non-hydrogen) atoms. The van der Waals surface area contributed by atoms with E-state index < -0.39 is 30.3 Å². The van der Waals surface area contributed by atoms with Gasteiger partial charge < -0.3 is 9.47 Å². The lowest BCUT2D eigenvalue weighted by atomic mass is 10.2. The molecule has 0 aliphatic rings. The van der Waals surface area contributed by atoms with Crippen LogP contribution in [0, 0.1) is 5.82 Å². The van der Waals surface area contributed by atoms with Crippen molar-refractivity contribution in [1.29, 1.82) is 0 Å². The van der Waals surface area contributed by atoms with Gasteiger partial charge in [0.15, 0.2) is 0 Å². The molecular formula is C13H13BrClFO4. The van der Waals surface area contributed by atoms with Crippen LogP contribution in [0.4, 0.5) is 4.39 Å². The second kappa shape index (κ2) is 7.59. The summed E-state index contributed by atoms with van der Waals surface area (Å²) in [6.07, 6.45) is -2.24. The number of carbonyl (C=O) groups excluding carboxylic acids is 2. The molecule has 1 atom stereocenters. The molecule has 1 aromatic carbocycles. The lowest BCUT2D eigenvalue weighted by Gasteiger charge is -2.13. The number of benzene rings is 1. The minimum atomic E-state index is -1.81. The largest absolute Gasteiger partial charge is 0.466 e. The fraction of sp³-hybridized carbons (Fsp3) is 0.385. The van der Waals surface area contributed by atoms with Gasteiger partial charge in [-0.1, -0.05) is 11.6 Å². The first-order chi connectivity index (χ1) is 9.66. The molecule has 0 unspecified atom stereocenters. The quantitative estimate of drug-likeness (QED) is 0.587. The third kappa shape index (κ3) is 4.76. The van der Waals surface area contributed by atoms with Crippen LogP contribution in [-0.2, 0) is 14.3 Å². The molecule has 0 amide bonds. The second-order valence-electron chi connectivity index (χ2n) is 3.82. The minimum absolute atomic E-state index is 0.0379. The molecule has 0 N–H and O–H groups in total. The van der Waals surface area contributed by atoms with Crippen molar-refractivity contribution in [2.45, 2.75) is 26.3 Å². The van der Waals surface area contributed by atoms with Crippen LogP contribution in [0.15, 0.2) is 16.6 Å². The van der Waals surface area contributed by atoms with Crippen LogP contribution >= 0.6 is 27.5 Å². The third-order valence-electron chi connectivity index (χ3n) is 2.20. The maximum Gasteiger partial charge on any atom is 0.339 e. The molecular weight excluding hydrogens is 354 g/mol. The van der Waals surface area contributed by atoms with Crippen molar-refractivity contribution < 1.29 is 24.8 Å². The Morgan fingerprint density at radius 3 is 2.80 bits per heavy atom. The highest BCUT2D eigenvalue weighted by atomic mass is 79.9. The molecule has 0 saturated heterocycles. The number of halogens is 3. The lowest BCUT2D eigenvalue weighted by molar-refractivity contribution is -0.145. The second-order valence-corrected chi connectivity index (χ2v) is 5.08. The average Bonchev–Trinajstić information content (AvgIpc) is 2.32. The number of hydrogen-bond donors (Lipinski definition) is 0. The summed E-state index contributed by atoms with van der Waals surface area (Å²) >= 11 is 8.69. The van der Waals surface area contributed by atoms with E-state index in [0.29, 0.717) is 0 Å². The highest BCUT2D eigenvalue weighted by molar-refractivity contribution is 9.10. The van der Waals surface area contributed by atoms with E-state index >= 15 is 0 Å². The minimum Gasteiger partial charge on any atom is -0.466 e. The number of rotatable bonds is 5. The van der Waals surface area contributed by atoms with E-state index in [-0.39, 0.29) is 21.7 Å². The number of hydrogen-bond acceptors (Lipinski definition) is 4. The Morgan fingerprint density at radius 2 is 2.20 bits per heavy atom. The molecule has 0 saturated carbocycles. The SMILES string of the molecule is [2H][C@@](C)(CC(=O)OCC)OC(=O)c1cc(Br)c(F)cc1Cl. The van der Waals surface area contributed by atoms with Gasteiger partial charge in [-0.3, -0.25) is 4.79 Å². The first-order valence-electron chi connectivity index (χ1n) is 6.20. The molecule has 0 aliphatic heterocycles. The summed E-state index contributed by atoms with van der Waals surface area (Å²) in [6.45, 7) is 3.04. The summed E-state index contributed by atoms with van der Waals surface area (Å²) < 4.78 is 30.7. The van der Waals surface area contributed by atoms with Crippen LogP contribution in [0.5, 0.6) is 0 Å². The molecule has 0 spiro atoms. The summed E-state index contributed by atoms with van der Waals surface area (Å²) in [5, 5.41) is -0.146. The van der Waals surface area contributed by atoms with Crippen molar-refractivity contribution in [3.63, 3.8) is 0 Å². The van der Waals surface area contributed by atoms with Gasteiger partial charge in [-0.2, -0.15) is 0 Å². The van der Waals surface area contributed by atoms with Gasteiger partial charge in [0.1, 0.15) is 11.9 Å². The Balaban J connectivity index is 2.85. The average molecular weight is 369 g/mol. The van der Waals surface area contributed by atoms with E-state index in [2.05, 4.69) is 15.9 Å². The van der Waals surface area contributed by atoms with E-state index in [0.717, 1.165) is 12.1 Å². The highest BCUT2D eigenvalue weighted by Gasteiger charge is 2.19. The first kappa shape index (κ1) is 15.3. The van der Waals surface area contributed by atoms with Crippen LogP contribution < -0.4 is 0 Å². The predicted octanol–water partition coefficient (Wildman–Crippen LogP) is 3.74. The van der Waals surface area contributed by atoms with Gasteiger partial charge in [-0.05, 0) is 41.9 Å². The summed E-state index contributed by atoms with van der Waals surface area (Å²) in [4.78, 5) is 23.3. The molecule has 0 heterocycles. The standard InChI is InChI=1S/C13H13BrClFO4/c1-3-19-12(17)4-7(2)20-13(18)8-5-9(14)11(16)6-10(8)15/h5-7H,3-4H2,1-2H3/t7-/m1/s1/i7D. The zero-order valence-electron chi connectivity index (χ0n) is 11.8. The number of esters is 2. The monoisotopic (exact) mass is 367 g/mol. The van der Waals surface area contributed by atoms with Gasteiger partial charge in [0.2, 0.25) is 0 Å². The van der Waals surface area contributed by atoms with Crippen molar-refractivity contribution in [3.8, 4) is 0 Å². The Bertz CT molecular complexity index is 565.